The fraction of sp³-hybridized carbons (Fsp3) is 0.533. The molecule has 0 spiro atoms. The van der Waals surface area contributed by atoms with Gasteiger partial charge in [0.05, 0.1) is 13.5 Å². The molecule has 1 aliphatic carbocycles. The van der Waals surface area contributed by atoms with Crippen LogP contribution >= 0.6 is 11.8 Å². The average Bonchev–Trinajstić information content (AvgIpc) is 3.21. The normalized spacial score (nSPS) is 17.3. The quantitative estimate of drug-likeness (QED) is 0.786. The summed E-state index contributed by atoms with van der Waals surface area (Å²) < 4.78 is 30.7. The molecule has 21 heavy (non-hydrogen) atoms. The molecule has 0 saturated heterocycles. The van der Waals surface area contributed by atoms with E-state index in [0.717, 1.165) is 30.7 Å². The second-order valence-corrected chi connectivity index (χ2v) is 6.58. The van der Waals surface area contributed by atoms with E-state index in [4.69, 9.17) is 10.5 Å². The van der Waals surface area contributed by atoms with Gasteiger partial charge >= 0.3 is 5.97 Å². The Hall–Kier alpha value is -1.14. The van der Waals surface area contributed by atoms with Crippen molar-refractivity contribution < 1.29 is 18.3 Å². The smallest absolute Gasteiger partial charge is 0.306 e. The second kappa shape index (κ2) is 6.75. The zero-order chi connectivity index (χ0) is 15.5. The summed E-state index contributed by atoms with van der Waals surface area (Å²) in [5.74, 6) is -0.489. The first-order chi connectivity index (χ1) is 9.96. The van der Waals surface area contributed by atoms with Crippen molar-refractivity contribution in [3.05, 3.63) is 35.4 Å². The number of methoxy groups -OCH3 is 1. The summed E-state index contributed by atoms with van der Waals surface area (Å²) >= 11 is 1.64. The zero-order valence-electron chi connectivity index (χ0n) is 11.9. The van der Waals surface area contributed by atoms with Crippen LogP contribution in [-0.2, 0) is 9.53 Å². The highest BCUT2D eigenvalue weighted by Crippen LogP contribution is 2.51. The number of carbonyl (C=O) groups excluding carboxylic acids is 1. The van der Waals surface area contributed by atoms with Gasteiger partial charge in [-0.25, -0.2) is 8.78 Å². The molecule has 1 atom stereocenters. The molecule has 1 aliphatic rings. The van der Waals surface area contributed by atoms with Crippen molar-refractivity contribution in [2.75, 3.05) is 18.6 Å². The fourth-order valence-corrected chi connectivity index (χ4v) is 3.56. The van der Waals surface area contributed by atoms with Crippen molar-refractivity contribution in [3.63, 3.8) is 0 Å². The van der Waals surface area contributed by atoms with E-state index in [2.05, 4.69) is 0 Å². The number of carbonyl (C=O) groups is 1. The number of hydrogen-bond donors (Lipinski definition) is 1. The predicted molar refractivity (Wildman–Crippen MR) is 78.9 cm³/mol. The van der Waals surface area contributed by atoms with E-state index in [1.54, 1.807) is 11.8 Å². The van der Waals surface area contributed by atoms with Crippen LogP contribution in [0.15, 0.2) is 18.2 Å². The molecule has 3 nitrogen and oxygen atoms in total. The molecule has 0 bridgehead atoms. The van der Waals surface area contributed by atoms with Gasteiger partial charge in [-0.15, -0.1) is 0 Å². The summed E-state index contributed by atoms with van der Waals surface area (Å²) in [7, 11) is 1.39. The minimum Gasteiger partial charge on any atom is -0.469 e. The maximum absolute atomic E-state index is 13.2. The number of ether oxygens (including phenoxy) is 1. The third-order valence-electron chi connectivity index (χ3n) is 3.78. The number of rotatable bonds is 7. The highest BCUT2D eigenvalue weighted by Gasteiger charge is 2.44. The summed E-state index contributed by atoms with van der Waals surface area (Å²) in [6.07, 6.45) is 2.49. The molecule has 116 valence electrons. The van der Waals surface area contributed by atoms with Crippen molar-refractivity contribution >= 4 is 17.7 Å². The topological polar surface area (TPSA) is 52.3 Å². The molecular weight excluding hydrogens is 296 g/mol. The second-order valence-electron chi connectivity index (χ2n) is 5.55. The van der Waals surface area contributed by atoms with E-state index in [9.17, 15) is 13.6 Å². The lowest BCUT2D eigenvalue weighted by molar-refractivity contribution is -0.141. The first-order valence-electron chi connectivity index (χ1n) is 6.81. The van der Waals surface area contributed by atoms with Crippen LogP contribution < -0.4 is 5.73 Å². The minimum absolute atomic E-state index is 0.0471. The Bertz CT molecular complexity index is 520. The molecule has 2 rings (SSSR count). The number of hydrogen-bond acceptors (Lipinski definition) is 4. The number of nitrogens with two attached hydrogens (primary N) is 1. The number of esters is 1. The van der Waals surface area contributed by atoms with Gasteiger partial charge in [-0.3, -0.25) is 4.79 Å². The Balaban J connectivity index is 1.80. The molecule has 1 unspecified atom stereocenters. The van der Waals surface area contributed by atoms with E-state index in [1.165, 1.54) is 13.2 Å². The highest BCUT2D eigenvalue weighted by atomic mass is 32.2. The highest BCUT2D eigenvalue weighted by molar-refractivity contribution is 7.99. The van der Waals surface area contributed by atoms with E-state index in [1.807, 2.05) is 0 Å². The molecule has 6 heteroatoms. The van der Waals surface area contributed by atoms with Crippen LogP contribution in [0.1, 0.15) is 30.9 Å². The van der Waals surface area contributed by atoms with Gasteiger partial charge in [0.1, 0.15) is 0 Å². The largest absolute Gasteiger partial charge is 0.469 e. The third-order valence-corrected chi connectivity index (χ3v) is 5.19. The molecule has 1 saturated carbocycles. The Morgan fingerprint density at radius 1 is 1.43 bits per heavy atom. The molecule has 0 heterocycles. The van der Waals surface area contributed by atoms with Crippen molar-refractivity contribution in [2.45, 2.75) is 25.3 Å². The standard InChI is InChI=1S/C15H19F2NO2S/c1-20-14(19)7-15(4-5-15)9-21-8-13(18)10-2-3-11(16)12(17)6-10/h2-3,6,13H,4-5,7-9,18H2,1H3. The van der Waals surface area contributed by atoms with Crippen molar-refractivity contribution in [1.82, 2.24) is 0 Å². The third kappa shape index (κ3) is 4.41. The first-order valence-corrected chi connectivity index (χ1v) is 7.96. The van der Waals surface area contributed by atoms with Crippen LogP contribution in [-0.4, -0.2) is 24.6 Å². The van der Waals surface area contributed by atoms with Gasteiger partial charge in [-0.05, 0) is 41.7 Å². The van der Waals surface area contributed by atoms with E-state index in [0.29, 0.717) is 17.7 Å². The van der Waals surface area contributed by atoms with Crippen molar-refractivity contribution in [1.29, 1.82) is 0 Å². The SMILES string of the molecule is COC(=O)CC1(CSCC(N)c2ccc(F)c(F)c2)CC1. The molecule has 0 radical (unpaired) electrons. The Kier molecular flexibility index (Phi) is 5.22. The van der Waals surface area contributed by atoms with E-state index < -0.39 is 11.6 Å². The zero-order valence-corrected chi connectivity index (χ0v) is 12.7. The van der Waals surface area contributed by atoms with Crippen LogP contribution in [0.25, 0.3) is 0 Å². The lowest BCUT2D eigenvalue weighted by Gasteiger charge is -2.16. The van der Waals surface area contributed by atoms with Gasteiger partial charge in [0.2, 0.25) is 0 Å². The van der Waals surface area contributed by atoms with Gasteiger partial charge < -0.3 is 10.5 Å². The Morgan fingerprint density at radius 3 is 2.71 bits per heavy atom. The molecule has 0 aromatic heterocycles. The summed E-state index contributed by atoms with van der Waals surface area (Å²) in [5, 5.41) is 0. The summed E-state index contributed by atoms with van der Waals surface area (Å²) in [5.41, 5.74) is 6.62. The van der Waals surface area contributed by atoms with E-state index >= 15 is 0 Å². The lowest BCUT2D eigenvalue weighted by atomic mass is 10.1. The predicted octanol–water partition coefficient (Wildman–Crippen LogP) is 3.04. The summed E-state index contributed by atoms with van der Waals surface area (Å²) in [6, 6.07) is 3.39. The van der Waals surface area contributed by atoms with Gasteiger partial charge in [0.15, 0.2) is 11.6 Å². The maximum Gasteiger partial charge on any atom is 0.306 e. The number of halogens is 2. The molecule has 1 aromatic rings. The number of benzene rings is 1. The lowest BCUT2D eigenvalue weighted by Crippen LogP contribution is -2.17. The molecule has 0 amide bonds. The van der Waals surface area contributed by atoms with Crippen molar-refractivity contribution in [2.24, 2.45) is 11.1 Å². The number of thioether (sulfide) groups is 1. The molecule has 1 aromatic carbocycles. The molecule has 0 aliphatic heterocycles. The monoisotopic (exact) mass is 315 g/mol. The maximum atomic E-state index is 13.2. The molecule has 1 fully saturated rings. The van der Waals surface area contributed by atoms with Gasteiger partial charge in [0.25, 0.3) is 0 Å². The summed E-state index contributed by atoms with van der Waals surface area (Å²) in [4.78, 5) is 11.3. The minimum atomic E-state index is -0.877. The van der Waals surface area contributed by atoms with E-state index in [-0.39, 0.29) is 17.4 Å². The van der Waals surface area contributed by atoms with Crippen molar-refractivity contribution in [3.8, 4) is 0 Å². The molecule has 2 N–H and O–H groups in total. The fourth-order valence-electron chi connectivity index (χ4n) is 2.17. The van der Waals surface area contributed by atoms with Crippen LogP contribution in [0.4, 0.5) is 8.78 Å². The van der Waals surface area contributed by atoms with Crippen LogP contribution in [0.3, 0.4) is 0 Å². The van der Waals surface area contributed by atoms with Crippen LogP contribution in [0.5, 0.6) is 0 Å². The van der Waals surface area contributed by atoms with Gasteiger partial charge in [-0.2, -0.15) is 11.8 Å². The Labute approximate surface area is 127 Å². The average molecular weight is 315 g/mol. The first kappa shape index (κ1) is 16.2. The van der Waals surface area contributed by atoms with Gasteiger partial charge in [0, 0.05) is 11.8 Å². The van der Waals surface area contributed by atoms with Gasteiger partial charge in [-0.1, -0.05) is 6.07 Å². The molecular formula is C15H19F2NO2S. The van der Waals surface area contributed by atoms with Crippen LogP contribution in [0.2, 0.25) is 0 Å². The summed E-state index contributed by atoms with van der Waals surface area (Å²) in [6.45, 7) is 0. The Morgan fingerprint density at radius 2 is 2.14 bits per heavy atom. The van der Waals surface area contributed by atoms with Crippen LogP contribution in [0, 0.1) is 17.0 Å².